The number of benzene rings is 3. The molecule has 5 atom stereocenters. The van der Waals surface area contributed by atoms with Crippen molar-refractivity contribution in [1.82, 2.24) is 15.5 Å². The number of aliphatic hydroxyl groups excluding tert-OH is 2. The lowest BCUT2D eigenvalue weighted by Crippen LogP contribution is -2.61. The van der Waals surface area contributed by atoms with E-state index in [1.54, 1.807) is 0 Å². The minimum atomic E-state index is -0.548. The van der Waals surface area contributed by atoms with Crippen molar-refractivity contribution in [3.8, 4) is 11.1 Å². The van der Waals surface area contributed by atoms with Crippen molar-refractivity contribution in [2.75, 3.05) is 19.7 Å². The van der Waals surface area contributed by atoms with Gasteiger partial charge >= 0.3 is 6.03 Å². The molecule has 4 bridgehead atoms. The van der Waals surface area contributed by atoms with Gasteiger partial charge in [-0.15, -0.1) is 0 Å². The first kappa shape index (κ1) is 33.9. The lowest BCUT2D eigenvalue weighted by Gasteiger charge is -2.56. The number of nitrogens with zero attached hydrogens (tertiary/aromatic N) is 1. The second-order valence-electron chi connectivity index (χ2n) is 16.1. The van der Waals surface area contributed by atoms with Crippen molar-refractivity contribution in [3.05, 3.63) is 95.1 Å². The number of hydrogen-bond acceptors (Lipinski definition) is 6. The highest BCUT2D eigenvalue weighted by molar-refractivity contribution is 5.76. The fourth-order valence-corrected chi connectivity index (χ4v) is 10.4. The fourth-order valence-electron chi connectivity index (χ4n) is 10.4. The first-order valence-corrected chi connectivity index (χ1v) is 19.0. The summed E-state index contributed by atoms with van der Waals surface area (Å²) in [6.45, 7) is 4.53. The lowest BCUT2D eigenvalue weighted by atomic mass is 9.53. The monoisotopic (exact) mass is 679 g/mol. The number of urea groups is 1. The predicted octanol–water partition coefficient (Wildman–Crippen LogP) is 6.86. The Kier molecular flexibility index (Phi) is 9.74. The van der Waals surface area contributed by atoms with E-state index in [4.69, 9.17) is 9.47 Å². The molecule has 2 heterocycles. The molecule has 3 aromatic rings. The molecule has 6 fully saturated rings. The van der Waals surface area contributed by atoms with E-state index in [1.807, 2.05) is 24.3 Å². The van der Waals surface area contributed by atoms with Crippen LogP contribution in [0.2, 0.25) is 0 Å². The van der Waals surface area contributed by atoms with Crippen LogP contribution >= 0.6 is 0 Å². The van der Waals surface area contributed by atoms with E-state index in [-0.39, 0.29) is 49.0 Å². The van der Waals surface area contributed by atoms with Crippen LogP contribution < -0.4 is 10.6 Å². The van der Waals surface area contributed by atoms with Gasteiger partial charge in [-0.2, -0.15) is 0 Å². The van der Waals surface area contributed by atoms with Gasteiger partial charge in [0.05, 0.1) is 25.4 Å². The van der Waals surface area contributed by atoms with Crippen molar-refractivity contribution in [2.24, 2.45) is 23.7 Å². The number of carbonyl (C=O) groups is 1. The molecule has 2 amide bonds. The number of amides is 2. The summed E-state index contributed by atoms with van der Waals surface area (Å²) in [6, 6.07) is 24.9. The minimum Gasteiger partial charge on any atom is -0.395 e. The number of likely N-dealkylation sites (tertiary alicyclic amines) is 1. The van der Waals surface area contributed by atoms with Gasteiger partial charge in [0.2, 0.25) is 0 Å². The number of nitrogens with one attached hydrogen (secondary N) is 2. The summed E-state index contributed by atoms with van der Waals surface area (Å²) in [5.41, 5.74) is 6.14. The highest BCUT2D eigenvalue weighted by Crippen LogP contribution is 2.55. The summed E-state index contributed by atoms with van der Waals surface area (Å²) in [4.78, 5) is 15.6. The van der Waals surface area contributed by atoms with Gasteiger partial charge in [-0.3, -0.25) is 4.90 Å². The van der Waals surface area contributed by atoms with E-state index in [0.717, 1.165) is 96.3 Å². The molecule has 9 rings (SSSR count). The third kappa shape index (κ3) is 6.98. The normalized spacial score (nSPS) is 33.4. The molecule has 8 heteroatoms. The molecule has 2 saturated heterocycles. The van der Waals surface area contributed by atoms with Crippen LogP contribution in [0.15, 0.2) is 72.8 Å². The van der Waals surface area contributed by atoms with Crippen molar-refractivity contribution < 1.29 is 24.5 Å². The molecular weight excluding hydrogens is 626 g/mol. The van der Waals surface area contributed by atoms with Crippen molar-refractivity contribution >= 4 is 6.03 Å². The second kappa shape index (κ2) is 14.4. The van der Waals surface area contributed by atoms with Gasteiger partial charge in [0.25, 0.3) is 0 Å². The van der Waals surface area contributed by atoms with E-state index in [0.29, 0.717) is 6.54 Å². The van der Waals surface area contributed by atoms with Crippen LogP contribution in [0.5, 0.6) is 0 Å². The number of aliphatic hydroxyl groups is 2. The zero-order valence-electron chi connectivity index (χ0n) is 29.3. The summed E-state index contributed by atoms with van der Waals surface area (Å²) in [7, 11) is 0. The highest BCUT2D eigenvalue weighted by Gasteiger charge is 2.51. The summed E-state index contributed by atoms with van der Waals surface area (Å²) in [6.07, 6.45) is 8.78. The number of rotatable bonds is 10. The van der Waals surface area contributed by atoms with Gasteiger partial charge in [0, 0.05) is 36.2 Å². The van der Waals surface area contributed by atoms with Crippen LogP contribution in [0.25, 0.3) is 11.1 Å². The van der Waals surface area contributed by atoms with Crippen molar-refractivity contribution in [1.29, 1.82) is 0 Å². The molecule has 6 aliphatic rings. The van der Waals surface area contributed by atoms with E-state index >= 15 is 0 Å². The number of carbonyl (C=O) groups excluding carboxylic acids is 1. The third-order valence-electron chi connectivity index (χ3n) is 12.6. The Morgan fingerprint density at radius 2 is 1.56 bits per heavy atom. The molecule has 0 radical (unpaired) electrons. The van der Waals surface area contributed by atoms with Crippen LogP contribution in [0.3, 0.4) is 0 Å². The van der Waals surface area contributed by atoms with E-state index in [2.05, 4.69) is 71.0 Å². The molecule has 0 unspecified atom stereocenters. The highest BCUT2D eigenvalue weighted by atomic mass is 16.7. The Morgan fingerprint density at radius 3 is 2.24 bits per heavy atom. The molecule has 4 saturated carbocycles. The Bertz CT molecular complexity index is 1590. The van der Waals surface area contributed by atoms with Crippen LogP contribution in [0.4, 0.5) is 4.79 Å². The molecule has 0 aromatic heterocycles. The minimum absolute atomic E-state index is 0.00774. The summed E-state index contributed by atoms with van der Waals surface area (Å²) in [5.74, 6) is 2.45. The van der Waals surface area contributed by atoms with E-state index < -0.39 is 6.29 Å². The van der Waals surface area contributed by atoms with Crippen molar-refractivity contribution in [3.63, 3.8) is 0 Å². The maximum absolute atomic E-state index is 13.2. The van der Waals surface area contributed by atoms with Crippen LogP contribution in [0, 0.1) is 23.7 Å². The summed E-state index contributed by atoms with van der Waals surface area (Å²) < 4.78 is 13.4. The number of ether oxygens (including phenoxy) is 2. The maximum atomic E-state index is 13.2. The van der Waals surface area contributed by atoms with E-state index in [1.165, 1.54) is 19.3 Å². The smallest absolute Gasteiger partial charge is 0.315 e. The fraction of sp³-hybridized carbons (Fsp3) is 0.548. The van der Waals surface area contributed by atoms with Gasteiger partial charge < -0.3 is 30.3 Å². The topological polar surface area (TPSA) is 103 Å². The summed E-state index contributed by atoms with van der Waals surface area (Å²) >= 11 is 0. The van der Waals surface area contributed by atoms with Gasteiger partial charge in [-0.25, -0.2) is 4.79 Å². The Morgan fingerprint density at radius 1 is 0.880 bits per heavy atom. The van der Waals surface area contributed by atoms with Crippen LogP contribution in [0.1, 0.15) is 92.9 Å². The first-order chi connectivity index (χ1) is 24.4. The predicted molar refractivity (Wildman–Crippen MR) is 193 cm³/mol. The average molecular weight is 680 g/mol. The molecule has 4 aliphatic carbocycles. The maximum Gasteiger partial charge on any atom is 0.315 e. The molecule has 266 valence electrons. The van der Waals surface area contributed by atoms with Gasteiger partial charge in [0.15, 0.2) is 6.29 Å². The van der Waals surface area contributed by atoms with Gasteiger partial charge in [0.1, 0.15) is 0 Å². The molecule has 50 heavy (non-hydrogen) atoms. The third-order valence-corrected chi connectivity index (χ3v) is 12.6. The Balaban J connectivity index is 0.967. The summed E-state index contributed by atoms with van der Waals surface area (Å²) in [5, 5.41) is 26.3. The molecule has 8 nitrogen and oxygen atoms in total. The van der Waals surface area contributed by atoms with Crippen LogP contribution in [-0.2, 0) is 22.6 Å². The zero-order valence-corrected chi connectivity index (χ0v) is 29.3. The van der Waals surface area contributed by atoms with Gasteiger partial charge in [-0.05, 0) is 103 Å². The number of hydrogen-bond donors (Lipinski definition) is 4. The lowest BCUT2D eigenvalue weighted by molar-refractivity contribution is -0.276. The standard InChI is InChI=1S/C42H53N3O5/c1-27-38(24-45-16-4-6-36(45)26-47)49-40(50-39(27)33-10-8-28(25-46)9-11-33)34-14-12-32(13-15-34)37-7-3-2-5-35(37)23-43-41(48)44-42-20-29-17-30(21-42)19-31(18-29)22-42/h2-3,5,7-15,27,29-31,36,38-40,46-47H,4,6,16-26H2,1H3,(H2,43,44,48)/t27-,29?,30?,31?,36+,38+,39+,40+,42?/m1/s1. The first-order valence-electron chi connectivity index (χ1n) is 19.0. The van der Waals surface area contributed by atoms with Gasteiger partial charge in [-0.1, -0.05) is 79.7 Å². The Labute approximate surface area is 296 Å². The quantitative estimate of drug-likeness (QED) is 0.187. The Hall–Kier alpha value is -3.27. The van der Waals surface area contributed by atoms with Crippen molar-refractivity contribution in [2.45, 2.75) is 102 Å². The largest absolute Gasteiger partial charge is 0.395 e. The zero-order chi connectivity index (χ0) is 34.2. The molecule has 3 aromatic carbocycles. The second-order valence-corrected chi connectivity index (χ2v) is 16.1. The van der Waals surface area contributed by atoms with Crippen LogP contribution in [-0.4, -0.2) is 58.5 Å². The molecule has 2 aliphatic heterocycles. The SMILES string of the molecule is C[C@@H]1[C@H](CN2CCC[C@H]2CO)O[C@H](c2ccc(-c3ccccc3CNC(=O)NC34CC5CC(CC(C5)C3)C4)cc2)O[C@@H]1c1ccc(CO)cc1. The molecule has 0 spiro atoms. The average Bonchev–Trinajstić information content (AvgIpc) is 3.58. The molecular formula is C42H53N3O5. The molecule has 4 N–H and O–H groups in total. The van der Waals surface area contributed by atoms with E-state index in [9.17, 15) is 15.0 Å².